The van der Waals surface area contributed by atoms with E-state index in [1.54, 1.807) is 17.4 Å². The van der Waals surface area contributed by atoms with Gasteiger partial charge in [0.2, 0.25) is 0 Å². The number of rotatable bonds is 8. The number of aromatic nitrogens is 3. The summed E-state index contributed by atoms with van der Waals surface area (Å²) in [6.07, 6.45) is 6.05. The summed E-state index contributed by atoms with van der Waals surface area (Å²) in [7, 11) is 0. The Morgan fingerprint density at radius 3 is 2.72 bits per heavy atom. The third-order valence-electron chi connectivity index (χ3n) is 4.75. The summed E-state index contributed by atoms with van der Waals surface area (Å²) in [5, 5.41) is 1.18. The first kappa shape index (κ1) is 24.0. The van der Waals surface area contributed by atoms with Crippen LogP contribution in [0.1, 0.15) is 12.0 Å². The molecule has 0 fully saturated rings. The van der Waals surface area contributed by atoms with Crippen LogP contribution in [0.25, 0.3) is 10.2 Å². The average molecular weight is 495 g/mol. The van der Waals surface area contributed by atoms with Gasteiger partial charge in [-0.3, -0.25) is 9.69 Å². The number of amides is 1. The van der Waals surface area contributed by atoms with Crippen LogP contribution >= 0.6 is 35.3 Å². The van der Waals surface area contributed by atoms with Crippen molar-refractivity contribution in [3.8, 4) is 5.75 Å². The number of anilines is 1. The number of ether oxygens (including phenoxy) is 1. The Morgan fingerprint density at radius 1 is 1.25 bits per heavy atom. The third-order valence-corrected chi connectivity index (χ3v) is 6.29. The molecule has 1 amide bonds. The highest BCUT2D eigenvalue weighted by molar-refractivity contribution is 7.23. The van der Waals surface area contributed by atoms with Gasteiger partial charge in [0.25, 0.3) is 5.91 Å². The second-order valence-corrected chi connectivity index (χ2v) is 8.37. The SMILES string of the molecule is Cc1ccc(Cl)c2sc(N(CCCn3ccnc3)C(=O)COc3ccc(F)cc3)nc12.Cl. The Morgan fingerprint density at radius 2 is 2.03 bits per heavy atom. The van der Waals surface area contributed by atoms with Crippen LogP contribution in [0.4, 0.5) is 9.52 Å². The summed E-state index contributed by atoms with van der Waals surface area (Å²) in [6.45, 7) is 2.96. The third kappa shape index (κ3) is 5.56. The molecule has 2 aromatic carbocycles. The Hall–Kier alpha value is -2.68. The first-order chi connectivity index (χ1) is 15.0. The summed E-state index contributed by atoms with van der Waals surface area (Å²) in [5.41, 5.74) is 1.79. The molecule has 6 nitrogen and oxygen atoms in total. The molecule has 0 unspecified atom stereocenters. The quantitative estimate of drug-likeness (QED) is 0.323. The Bertz CT molecular complexity index is 1140. The molecule has 4 aromatic rings. The summed E-state index contributed by atoms with van der Waals surface area (Å²) in [4.78, 5) is 23.4. The summed E-state index contributed by atoms with van der Waals surface area (Å²) >= 11 is 7.74. The molecule has 0 saturated heterocycles. The maximum Gasteiger partial charge on any atom is 0.266 e. The van der Waals surface area contributed by atoms with Crippen molar-refractivity contribution in [1.29, 1.82) is 0 Å². The van der Waals surface area contributed by atoms with Gasteiger partial charge in [0.15, 0.2) is 11.7 Å². The van der Waals surface area contributed by atoms with Crippen LogP contribution in [0.2, 0.25) is 5.02 Å². The Labute approximate surface area is 200 Å². The fourth-order valence-electron chi connectivity index (χ4n) is 3.12. The number of carbonyl (C=O) groups excluding carboxylic acids is 1. The van der Waals surface area contributed by atoms with Crippen LogP contribution in [-0.2, 0) is 11.3 Å². The minimum absolute atomic E-state index is 0. The van der Waals surface area contributed by atoms with Crippen molar-refractivity contribution < 1.29 is 13.9 Å². The van der Waals surface area contributed by atoms with Crippen LogP contribution in [0.15, 0.2) is 55.1 Å². The van der Waals surface area contributed by atoms with E-state index >= 15 is 0 Å². The molecule has 0 aliphatic rings. The molecule has 0 spiro atoms. The van der Waals surface area contributed by atoms with Gasteiger partial charge >= 0.3 is 0 Å². The van der Waals surface area contributed by atoms with E-state index in [1.807, 2.05) is 29.8 Å². The minimum atomic E-state index is -0.360. The molecule has 0 radical (unpaired) electrons. The lowest BCUT2D eigenvalue weighted by Gasteiger charge is -2.20. The molecule has 32 heavy (non-hydrogen) atoms. The number of imidazole rings is 1. The summed E-state index contributed by atoms with van der Waals surface area (Å²) in [6, 6.07) is 9.32. The fourth-order valence-corrected chi connectivity index (χ4v) is 4.48. The van der Waals surface area contributed by atoms with Gasteiger partial charge in [-0.05, 0) is 49.2 Å². The highest BCUT2D eigenvalue weighted by Crippen LogP contribution is 2.35. The zero-order chi connectivity index (χ0) is 21.8. The average Bonchev–Trinajstić information content (AvgIpc) is 3.44. The largest absolute Gasteiger partial charge is 0.484 e. The van der Waals surface area contributed by atoms with Crippen molar-refractivity contribution in [3.63, 3.8) is 0 Å². The van der Waals surface area contributed by atoms with E-state index in [0.717, 1.165) is 15.8 Å². The van der Waals surface area contributed by atoms with Gasteiger partial charge in [-0.2, -0.15) is 0 Å². The van der Waals surface area contributed by atoms with E-state index in [-0.39, 0.29) is 30.7 Å². The lowest BCUT2D eigenvalue weighted by Crippen LogP contribution is -2.36. The van der Waals surface area contributed by atoms with E-state index in [4.69, 9.17) is 21.3 Å². The standard InChI is InChI=1S/C22H20ClFN4O2S.ClH/c1-15-3-8-18(23)21-20(15)26-22(31-21)28(11-2-10-27-12-9-25-14-27)19(29)13-30-17-6-4-16(24)5-7-17;/h3-9,12,14H,2,10-11,13H2,1H3;1H. The van der Waals surface area contributed by atoms with Crippen LogP contribution in [0.5, 0.6) is 5.75 Å². The molecule has 4 rings (SSSR count). The van der Waals surface area contributed by atoms with E-state index in [2.05, 4.69) is 4.98 Å². The highest BCUT2D eigenvalue weighted by Gasteiger charge is 2.21. The van der Waals surface area contributed by atoms with Gasteiger partial charge < -0.3 is 9.30 Å². The number of benzene rings is 2. The molecule has 0 aliphatic carbocycles. The number of hydrogen-bond donors (Lipinski definition) is 0. The second-order valence-electron chi connectivity index (χ2n) is 6.98. The maximum absolute atomic E-state index is 13.1. The highest BCUT2D eigenvalue weighted by atomic mass is 35.5. The van der Waals surface area contributed by atoms with Gasteiger partial charge in [-0.1, -0.05) is 29.0 Å². The number of fused-ring (bicyclic) bond motifs is 1. The molecule has 2 heterocycles. The zero-order valence-corrected chi connectivity index (χ0v) is 19.6. The number of halogens is 3. The topological polar surface area (TPSA) is 60.2 Å². The van der Waals surface area contributed by atoms with Crippen molar-refractivity contribution in [2.45, 2.75) is 19.9 Å². The van der Waals surface area contributed by atoms with Gasteiger partial charge in [-0.25, -0.2) is 14.4 Å². The zero-order valence-electron chi connectivity index (χ0n) is 17.2. The number of hydrogen-bond acceptors (Lipinski definition) is 5. The van der Waals surface area contributed by atoms with Crippen LogP contribution in [0.3, 0.4) is 0 Å². The Balaban J connectivity index is 0.00000289. The van der Waals surface area contributed by atoms with E-state index in [1.165, 1.54) is 35.6 Å². The van der Waals surface area contributed by atoms with Gasteiger partial charge in [0, 0.05) is 25.5 Å². The molecule has 0 aliphatic heterocycles. The van der Waals surface area contributed by atoms with Gasteiger partial charge in [0.1, 0.15) is 11.6 Å². The monoisotopic (exact) mass is 494 g/mol. The molecule has 10 heteroatoms. The maximum atomic E-state index is 13.1. The van der Waals surface area contributed by atoms with E-state index in [9.17, 15) is 9.18 Å². The molecule has 0 N–H and O–H groups in total. The summed E-state index contributed by atoms with van der Waals surface area (Å²) < 4.78 is 21.5. The van der Waals surface area contributed by atoms with Crippen molar-refractivity contribution in [2.24, 2.45) is 0 Å². The van der Waals surface area contributed by atoms with Crippen LogP contribution < -0.4 is 9.64 Å². The molecule has 168 valence electrons. The molecule has 2 aromatic heterocycles. The molecule has 0 atom stereocenters. The number of carbonyl (C=O) groups is 1. The first-order valence-corrected chi connectivity index (χ1v) is 10.9. The minimum Gasteiger partial charge on any atom is -0.484 e. The number of thiazole rings is 1. The number of nitrogens with zero attached hydrogens (tertiary/aromatic N) is 4. The normalized spacial score (nSPS) is 10.7. The van der Waals surface area contributed by atoms with Crippen molar-refractivity contribution in [3.05, 3.63) is 71.5 Å². The van der Waals surface area contributed by atoms with Gasteiger partial charge in [0.05, 0.1) is 21.6 Å². The second kappa shape index (κ2) is 10.8. The molecular weight excluding hydrogens is 474 g/mol. The molecule has 0 saturated carbocycles. The lowest BCUT2D eigenvalue weighted by atomic mass is 10.2. The predicted octanol–water partition coefficient (Wildman–Crippen LogP) is 5.52. The summed E-state index contributed by atoms with van der Waals surface area (Å²) in [5.74, 6) is -0.166. The van der Waals surface area contributed by atoms with Crippen molar-refractivity contribution >= 4 is 56.6 Å². The fraction of sp³-hybridized carbons (Fsp3) is 0.227. The van der Waals surface area contributed by atoms with Crippen LogP contribution in [-0.4, -0.2) is 33.6 Å². The van der Waals surface area contributed by atoms with E-state index < -0.39 is 0 Å². The first-order valence-electron chi connectivity index (χ1n) is 9.71. The molecular formula is C22H21Cl2FN4O2S. The smallest absolute Gasteiger partial charge is 0.266 e. The lowest BCUT2D eigenvalue weighted by molar-refractivity contribution is -0.120. The molecule has 0 bridgehead atoms. The van der Waals surface area contributed by atoms with Crippen molar-refractivity contribution in [2.75, 3.05) is 18.1 Å². The predicted molar refractivity (Wildman–Crippen MR) is 128 cm³/mol. The van der Waals surface area contributed by atoms with Crippen LogP contribution in [0, 0.1) is 12.7 Å². The number of aryl methyl sites for hydroxylation is 2. The van der Waals surface area contributed by atoms with Gasteiger partial charge in [-0.15, -0.1) is 12.4 Å². The Kier molecular flexibility index (Phi) is 8.06. The van der Waals surface area contributed by atoms with Crippen molar-refractivity contribution in [1.82, 2.24) is 14.5 Å². The van der Waals surface area contributed by atoms with E-state index in [0.29, 0.717) is 35.4 Å².